The summed E-state index contributed by atoms with van der Waals surface area (Å²) in [7, 11) is 0. The summed E-state index contributed by atoms with van der Waals surface area (Å²) in [6.45, 7) is 5.54. The van der Waals surface area contributed by atoms with Crippen LogP contribution in [0, 0.1) is 5.92 Å². The number of ether oxygens (including phenoxy) is 1. The molecule has 0 saturated carbocycles. The van der Waals surface area contributed by atoms with E-state index in [1.807, 2.05) is 0 Å². The van der Waals surface area contributed by atoms with Gasteiger partial charge in [0.1, 0.15) is 5.75 Å². The van der Waals surface area contributed by atoms with Gasteiger partial charge in [-0.05, 0) is 56.8 Å². The quantitative estimate of drug-likeness (QED) is 0.904. The molecular weight excluding hydrogens is 236 g/mol. The van der Waals surface area contributed by atoms with E-state index in [4.69, 9.17) is 4.74 Å². The molecule has 1 saturated heterocycles. The third-order valence-corrected chi connectivity index (χ3v) is 4.30. The average molecular weight is 260 g/mol. The Kier molecular flexibility index (Phi) is 4.23. The second-order valence-electron chi connectivity index (χ2n) is 5.64. The summed E-state index contributed by atoms with van der Waals surface area (Å²) in [6.07, 6.45) is 5.12. The number of anilines is 1. The number of fused-ring (bicyclic) bond motifs is 1. The van der Waals surface area contributed by atoms with Crippen LogP contribution in [0.25, 0.3) is 0 Å². The first-order chi connectivity index (χ1) is 9.43. The van der Waals surface area contributed by atoms with Gasteiger partial charge in [-0.3, -0.25) is 0 Å². The highest BCUT2D eigenvalue weighted by Gasteiger charge is 2.18. The maximum Gasteiger partial charge on any atom is 0.142 e. The van der Waals surface area contributed by atoms with E-state index in [0.29, 0.717) is 0 Å². The molecule has 0 spiro atoms. The summed E-state index contributed by atoms with van der Waals surface area (Å²) < 4.78 is 5.82. The number of hydrogen-bond donors (Lipinski definition) is 1. The maximum atomic E-state index is 5.82. The van der Waals surface area contributed by atoms with Crippen LogP contribution in [0.15, 0.2) is 24.3 Å². The van der Waals surface area contributed by atoms with E-state index in [0.717, 1.165) is 31.2 Å². The van der Waals surface area contributed by atoms with Crippen molar-refractivity contribution in [1.82, 2.24) is 5.32 Å². The molecule has 1 aromatic rings. The van der Waals surface area contributed by atoms with Crippen LogP contribution in [-0.2, 0) is 0 Å². The lowest BCUT2D eigenvalue weighted by molar-refractivity contribution is 0.322. The Morgan fingerprint density at radius 3 is 2.95 bits per heavy atom. The average Bonchev–Trinajstić information content (AvgIpc) is 2.68. The molecule has 0 radical (unpaired) electrons. The molecule has 0 aliphatic carbocycles. The van der Waals surface area contributed by atoms with Crippen molar-refractivity contribution in [3.63, 3.8) is 0 Å². The third kappa shape index (κ3) is 3.21. The minimum Gasteiger partial charge on any atom is -0.491 e. The van der Waals surface area contributed by atoms with Crippen molar-refractivity contribution in [1.29, 1.82) is 0 Å². The lowest BCUT2D eigenvalue weighted by Crippen LogP contribution is -2.31. The van der Waals surface area contributed by atoms with Crippen LogP contribution in [0.3, 0.4) is 0 Å². The van der Waals surface area contributed by atoms with Crippen LogP contribution in [0.4, 0.5) is 5.69 Å². The third-order valence-electron chi connectivity index (χ3n) is 4.30. The normalized spacial score (nSPS) is 20.5. The van der Waals surface area contributed by atoms with Crippen molar-refractivity contribution < 1.29 is 4.74 Å². The second kappa shape index (κ2) is 6.29. The summed E-state index contributed by atoms with van der Waals surface area (Å²) in [4.78, 5) is 2.52. The summed E-state index contributed by atoms with van der Waals surface area (Å²) in [5, 5.41) is 3.44. The number of hydrogen-bond acceptors (Lipinski definition) is 3. The van der Waals surface area contributed by atoms with Crippen LogP contribution in [0.2, 0.25) is 0 Å². The predicted octanol–water partition coefficient (Wildman–Crippen LogP) is 2.67. The largest absolute Gasteiger partial charge is 0.491 e. The molecule has 104 valence electrons. The van der Waals surface area contributed by atoms with E-state index in [2.05, 4.69) is 34.5 Å². The molecule has 0 atom stereocenters. The summed E-state index contributed by atoms with van der Waals surface area (Å²) in [6, 6.07) is 8.47. The highest BCUT2D eigenvalue weighted by Crippen LogP contribution is 2.31. The highest BCUT2D eigenvalue weighted by atomic mass is 16.5. The SMILES string of the molecule is c1ccc2c(c1)OCCCN2CCC1CCNCC1. The van der Waals surface area contributed by atoms with Crippen LogP contribution in [0.5, 0.6) is 5.75 Å². The van der Waals surface area contributed by atoms with E-state index in [1.54, 1.807) is 0 Å². The smallest absolute Gasteiger partial charge is 0.142 e. The monoisotopic (exact) mass is 260 g/mol. The maximum absolute atomic E-state index is 5.82. The lowest BCUT2D eigenvalue weighted by atomic mass is 9.94. The lowest BCUT2D eigenvalue weighted by Gasteiger charge is -2.28. The zero-order chi connectivity index (χ0) is 12.9. The molecule has 19 heavy (non-hydrogen) atoms. The number of nitrogens with one attached hydrogen (secondary N) is 1. The molecule has 0 amide bonds. The van der Waals surface area contributed by atoms with Crippen LogP contribution < -0.4 is 15.0 Å². The number of rotatable bonds is 3. The van der Waals surface area contributed by atoms with Crippen LogP contribution in [-0.4, -0.2) is 32.8 Å². The van der Waals surface area contributed by atoms with Gasteiger partial charge < -0.3 is 15.0 Å². The first kappa shape index (κ1) is 12.8. The molecule has 0 bridgehead atoms. The molecule has 0 unspecified atom stereocenters. The van der Waals surface area contributed by atoms with Gasteiger partial charge in [-0.15, -0.1) is 0 Å². The van der Waals surface area contributed by atoms with E-state index in [9.17, 15) is 0 Å². The van der Waals surface area contributed by atoms with Gasteiger partial charge in [-0.1, -0.05) is 12.1 Å². The molecule has 3 nitrogen and oxygen atoms in total. The van der Waals surface area contributed by atoms with Crippen molar-refractivity contribution in [2.24, 2.45) is 5.92 Å². The molecule has 1 N–H and O–H groups in total. The molecule has 3 rings (SSSR count). The van der Waals surface area contributed by atoms with Crippen LogP contribution >= 0.6 is 0 Å². The number of para-hydroxylation sites is 2. The van der Waals surface area contributed by atoms with E-state index < -0.39 is 0 Å². The van der Waals surface area contributed by atoms with Gasteiger partial charge in [0.25, 0.3) is 0 Å². The fourth-order valence-electron chi connectivity index (χ4n) is 3.14. The van der Waals surface area contributed by atoms with Gasteiger partial charge in [0.2, 0.25) is 0 Å². The summed E-state index contributed by atoms with van der Waals surface area (Å²) in [5.74, 6) is 1.96. The van der Waals surface area contributed by atoms with E-state index in [-0.39, 0.29) is 0 Å². The molecule has 1 fully saturated rings. The zero-order valence-corrected chi connectivity index (χ0v) is 11.6. The van der Waals surface area contributed by atoms with Crippen molar-refractivity contribution in [2.75, 3.05) is 37.7 Å². The summed E-state index contributed by atoms with van der Waals surface area (Å²) >= 11 is 0. The Labute approximate surface area is 115 Å². The number of piperidine rings is 1. The Balaban J connectivity index is 1.63. The topological polar surface area (TPSA) is 24.5 Å². The molecule has 2 aliphatic heterocycles. The van der Waals surface area contributed by atoms with Crippen molar-refractivity contribution >= 4 is 5.69 Å². The Morgan fingerprint density at radius 1 is 1.21 bits per heavy atom. The van der Waals surface area contributed by atoms with E-state index in [1.165, 1.54) is 44.6 Å². The molecule has 0 aromatic heterocycles. The Morgan fingerprint density at radius 2 is 2.05 bits per heavy atom. The minimum atomic E-state index is 0.848. The summed E-state index contributed by atoms with van der Waals surface area (Å²) in [5.41, 5.74) is 1.29. The van der Waals surface area contributed by atoms with Gasteiger partial charge in [0.05, 0.1) is 12.3 Å². The second-order valence-corrected chi connectivity index (χ2v) is 5.64. The predicted molar refractivity (Wildman–Crippen MR) is 79.0 cm³/mol. The van der Waals surface area contributed by atoms with Gasteiger partial charge in [0, 0.05) is 13.1 Å². The number of benzene rings is 1. The molecule has 2 aliphatic rings. The highest BCUT2D eigenvalue weighted by molar-refractivity contribution is 5.58. The van der Waals surface area contributed by atoms with Gasteiger partial charge in [-0.2, -0.15) is 0 Å². The molecule has 3 heteroatoms. The van der Waals surface area contributed by atoms with Crippen molar-refractivity contribution in [3.05, 3.63) is 24.3 Å². The molecule has 1 aromatic carbocycles. The Hall–Kier alpha value is -1.22. The number of nitrogens with zero attached hydrogens (tertiary/aromatic N) is 1. The van der Waals surface area contributed by atoms with Crippen LogP contribution in [0.1, 0.15) is 25.7 Å². The van der Waals surface area contributed by atoms with Gasteiger partial charge in [0.15, 0.2) is 0 Å². The van der Waals surface area contributed by atoms with Crippen molar-refractivity contribution in [3.8, 4) is 5.75 Å². The zero-order valence-electron chi connectivity index (χ0n) is 11.6. The van der Waals surface area contributed by atoms with Crippen molar-refractivity contribution in [2.45, 2.75) is 25.7 Å². The standard InChI is InChI=1S/C16H24N2O/c1-2-5-16-15(4-1)18(11-3-13-19-16)12-8-14-6-9-17-10-7-14/h1-2,4-5,14,17H,3,6-13H2. The van der Waals surface area contributed by atoms with Gasteiger partial charge >= 0.3 is 0 Å². The molecular formula is C16H24N2O. The minimum absolute atomic E-state index is 0.848. The van der Waals surface area contributed by atoms with Gasteiger partial charge in [-0.25, -0.2) is 0 Å². The first-order valence-corrected chi connectivity index (χ1v) is 7.61. The fraction of sp³-hybridized carbons (Fsp3) is 0.625. The molecule has 2 heterocycles. The fourth-order valence-corrected chi connectivity index (χ4v) is 3.14. The Bertz CT molecular complexity index is 401. The van der Waals surface area contributed by atoms with E-state index >= 15 is 0 Å². The first-order valence-electron chi connectivity index (χ1n) is 7.61.